The molecule has 0 fully saturated rings. The van der Waals surface area contributed by atoms with E-state index < -0.39 is 4.52 Å². The van der Waals surface area contributed by atoms with E-state index in [9.17, 15) is 0 Å². The molecule has 4 heteroatoms. The van der Waals surface area contributed by atoms with Crippen LogP contribution in [0.3, 0.4) is 0 Å². The number of hydrogen-bond donors (Lipinski definition) is 0. The Kier molecular flexibility index (Phi) is 3.10. The molecule has 0 saturated heterocycles. The van der Waals surface area contributed by atoms with E-state index in [1.807, 2.05) is 0 Å². The fraction of sp³-hybridized carbons (Fsp3) is 0.250. The second-order valence-corrected chi connectivity index (χ2v) is 4.38. The first-order chi connectivity index (χ1) is 5.49. The normalized spacial score (nSPS) is 11.3. The summed E-state index contributed by atoms with van der Waals surface area (Å²) in [4.78, 5) is 0. The van der Waals surface area contributed by atoms with Gasteiger partial charge in [-0.15, -0.1) is 0 Å². The van der Waals surface area contributed by atoms with E-state index in [1.165, 1.54) is 6.92 Å². The van der Waals surface area contributed by atoms with Crippen molar-refractivity contribution >= 4 is 34.8 Å². The number of alkyl halides is 2. The Balaban J connectivity index is 2.83. The van der Waals surface area contributed by atoms with Gasteiger partial charge in [0.05, 0.1) is 5.02 Å². The van der Waals surface area contributed by atoms with E-state index in [1.54, 1.807) is 24.3 Å². The second kappa shape index (κ2) is 3.73. The Hall–Kier alpha value is -0.110. The minimum atomic E-state index is -1.25. The Morgan fingerprint density at radius 2 is 1.83 bits per heavy atom. The molecule has 1 rings (SSSR count). The van der Waals surface area contributed by atoms with Gasteiger partial charge in [-0.25, -0.2) is 0 Å². The molecule has 12 heavy (non-hydrogen) atoms. The molecule has 1 nitrogen and oxygen atoms in total. The van der Waals surface area contributed by atoms with Gasteiger partial charge < -0.3 is 4.74 Å². The molecule has 0 unspecified atom stereocenters. The molecular formula is C8H7Cl3O. The summed E-state index contributed by atoms with van der Waals surface area (Å²) in [6, 6.07) is 7.00. The van der Waals surface area contributed by atoms with Crippen molar-refractivity contribution < 1.29 is 4.74 Å². The van der Waals surface area contributed by atoms with E-state index in [4.69, 9.17) is 39.5 Å². The van der Waals surface area contributed by atoms with Gasteiger partial charge in [-0.3, -0.25) is 0 Å². The third-order valence-electron chi connectivity index (χ3n) is 1.13. The Bertz CT molecular complexity index is 267. The lowest BCUT2D eigenvalue weighted by Crippen LogP contribution is -2.16. The van der Waals surface area contributed by atoms with Crippen molar-refractivity contribution in [2.45, 2.75) is 11.4 Å². The predicted octanol–water partition coefficient (Wildman–Crippen LogP) is 3.87. The third kappa shape index (κ3) is 3.10. The van der Waals surface area contributed by atoms with Crippen LogP contribution in [0.15, 0.2) is 24.3 Å². The van der Waals surface area contributed by atoms with Crippen molar-refractivity contribution in [1.29, 1.82) is 0 Å². The number of hydrogen-bond acceptors (Lipinski definition) is 1. The Morgan fingerprint density at radius 3 is 2.33 bits per heavy atom. The first kappa shape index (κ1) is 9.97. The Morgan fingerprint density at radius 1 is 1.25 bits per heavy atom. The van der Waals surface area contributed by atoms with E-state index in [-0.39, 0.29) is 0 Å². The highest BCUT2D eigenvalue weighted by atomic mass is 35.5. The van der Waals surface area contributed by atoms with Gasteiger partial charge in [-0.1, -0.05) is 46.9 Å². The Labute approximate surface area is 86.2 Å². The van der Waals surface area contributed by atoms with Crippen LogP contribution in [-0.2, 0) is 0 Å². The summed E-state index contributed by atoms with van der Waals surface area (Å²) in [6.07, 6.45) is 0. The zero-order valence-electron chi connectivity index (χ0n) is 6.35. The van der Waals surface area contributed by atoms with Gasteiger partial charge >= 0.3 is 0 Å². The summed E-state index contributed by atoms with van der Waals surface area (Å²) in [7, 11) is 0. The summed E-state index contributed by atoms with van der Waals surface area (Å²) in [5.41, 5.74) is 0. The smallest absolute Gasteiger partial charge is 0.255 e. The molecule has 0 amide bonds. The number of benzene rings is 1. The second-order valence-electron chi connectivity index (χ2n) is 2.34. The van der Waals surface area contributed by atoms with E-state index >= 15 is 0 Å². The monoisotopic (exact) mass is 224 g/mol. The molecule has 0 aliphatic carbocycles. The van der Waals surface area contributed by atoms with Crippen LogP contribution in [0, 0.1) is 0 Å². The van der Waals surface area contributed by atoms with Crippen molar-refractivity contribution in [1.82, 2.24) is 0 Å². The lowest BCUT2D eigenvalue weighted by atomic mass is 10.3. The molecule has 0 atom stereocenters. The molecule has 0 heterocycles. The lowest BCUT2D eigenvalue weighted by Gasteiger charge is -2.16. The summed E-state index contributed by atoms with van der Waals surface area (Å²) in [6.45, 7) is 1.53. The van der Waals surface area contributed by atoms with Gasteiger partial charge in [0.2, 0.25) is 0 Å². The maximum atomic E-state index is 5.79. The van der Waals surface area contributed by atoms with E-state index in [0.717, 1.165) is 0 Å². The highest BCUT2D eigenvalue weighted by Gasteiger charge is 2.18. The quantitative estimate of drug-likeness (QED) is 0.694. The zero-order valence-corrected chi connectivity index (χ0v) is 8.62. The molecule has 0 aromatic heterocycles. The topological polar surface area (TPSA) is 9.23 Å². The summed E-state index contributed by atoms with van der Waals surface area (Å²) >= 11 is 17.0. The molecule has 1 aromatic carbocycles. The van der Waals surface area contributed by atoms with Crippen LogP contribution in [-0.4, -0.2) is 4.52 Å². The SMILES string of the molecule is CC(Cl)(Cl)Oc1ccccc1Cl. The van der Waals surface area contributed by atoms with Gasteiger partial charge in [0.25, 0.3) is 4.52 Å². The fourth-order valence-corrected chi connectivity index (χ4v) is 1.06. The molecule has 0 radical (unpaired) electrons. The van der Waals surface area contributed by atoms with Crippen molar-refractivity contribution in [3.8, 4) is 5.75 Å². The molecular weight excluding hydrogens is 218 g/mol. The van der Waals surface area contributed by atoms with Gasteiger partial charge in [-0.05, 0) is 12.1 Å². The molecule has 0 saturated carbocycles. The molecule has 0 aliphatic heterocycles. The van der Waals surface area contributed by atoms with Gasteiger partial charge in [0, 0.05) is 6.92 Å². The zero-order chi connectivity index (χ0) is 9.19. The van der Waals surface area contributed by atoms with E-state index in [2.05, 4.69) is 0 Å². The molecule has 0 bridgehead atoms. The van der Waals surface area contributed by atoms with Crippen LogP contribution in [0.2, 0.25) is 5.02 Å². The van der Waals surface area contributed by atoms with Crippen LogP contribution in [0.1, 0.15) is 6.92 Å². The van der Waals surface area contributed by atoms with Crippen molar-refractivity contribution in [2.75, 3.05) is 0 Å². The first-order valence-electron chi connectivity index (χ1n) is 3.30. The minimum Gasteiger partial charge on any atom is -0.457 e. The maximum Gasteiger partial charge on any atom is 0.255 e. The summed E-state index contributed by atoms with van der Waals surface area (Å²) < 4.78 is 3.89. The van der Waals surface area contributed by atoms with Crippen LogP contribution in [0.4, 0.5) is 0 Å². The van der Waals surface area contributed by atoms with E-state index in [0.29, 0.717) is 10.8 Å². The number of halogens is 3. The number of ether oxygens (including phenoxy) is 1. The maximum absolute atomic E-state index is 5.79. The molecule has 66 valence electrons. The van der Waals surface area contributed by atoms with Crippen molar-refractivity contribution in [2.24, 2.45) is 0 Å². The largest absolute Gasteiger partial charge is 0.457 e. The molecule has 1 aromatic rings. The number of para-hydroxylation sites is 1. The van der Waals surface area contributed by atoms with Gasteiger partial charge in [0.15, 0.2) is 0 Å². The standard InChI is InChI=1S/C8H7Cl3O/c1-8(10,11)12-7-5-3-2-4-6(7)9/h2-5H,1H3. The van der Waals surface area contributed by atoms with Crippen LogP contribution < -0.4 is 4.74 Å². The predicted molar refractivity (Wildman–Crippen MR) is 52.2 cm³/mol. The van der Waals surface area contributed by atoms with Crippen LogP contribution >= 0.6 is 34.8 Å². The third-order valence-corrected chi connectivity index (χ3v) is 1.59. The fourth-order valence-electron chi connectivity index (χ4n) is 0.721. The lowest BCUT2D eigenvalue weighted by molar-refractivity contribution is 0.262. The van der Waals surface area contributed by atoms with Crippen LogP contribution in [0.5, 0.6) is 5.75 Å². The van der Waals surface area contributed by atoms with Crippen LogP contribution in [0.25, 0.3) is 0 Å². The summed E-state index contributed by atoms with van der Waals surface area (Å²) in [5, 5.41) is 0.491. The minimum absolute atomic E-state index is 0.478. The summed E-state index contributed by atoms with van der Waals surface area (Å²) in [5.74, 6) is 0.478. The first-order valence-corrected chi connectivity index (χ1v) is 4.44. The van der Waals surface area contributed by atoms with Crippen molar-refractivity contribution in [3.63, 3.8) is 0 Å². The average Bonchev–Trinajstić information content (AvgIpc) is 1.91. The molecule has 0 spiro atoms. The highest BCUT2D eigenvalue weighted by molar-refractivity contribution is 6.47. The number of rotatable bonds is 2. The average molecular weight is 226 g/mol. The highest BCUT2D eigenvalue weighted by Crippen LogP contribution is 2.30. The van der Waals surface area contributed by atoms with Gasteiger partial charge in [-0.2, -0.15) is 0 Å². The van der Waals surface area contributed by atoms with Gasteiger partial charge in [0.1, 0.15) is 5.75 Å². The van der Waals surface area contributed by atoms with Crippen molar-refractivity contribution in [3.05, 3.63) is 29.3 Å². The molecule has 0 N–H and O–H groups in total. The molecule has 0 aliphatic rings.